The number of benzene rings is 2. The van der Waals surface area contributed by atoms with E-state index in [0.29, 0.717) is 11.8 Å². The molecule has 2 aromatic carbocycles. The largest absolute Gasteiger partial charge is 0.486 e. The van der Waals surface area contributed by atoms with Crippen molar-refractivity contribution in [3.8, 4) is 5.75 Å². The summed E-state index contributed by atoms with van der Waals surface area (Å²) in [7, 11) is 1.90. The van der Waals surface area contributed by atoms with E-state index in [4.69, 9.17) is 4.74 Å². The number of aromatic nitrogens is 3. The van der Waals surface area contributed by atoms with Crippen LogP contribution in [0.5, 0.6) is 5.75 Å². The predicted molar refractivity (Wildman–Crippen MR) is 124 cm³/mol. The van der Waals surface area contributed by atoms with E-state index >= 15 is 0 Å². The molecule has 162 valence electrons. The molecule has 0 unspecified atom stereocenters. The van der Waals surface area contributed by atoms with Crippen LogP contribution in [0.15, 0.2) is 41.6 Å². The van der Waals surface area contributed by atoms with Crippen molar-refractivity contribution in [1.82, 2.24) is 14.8 Å². The Morgan fingerprint density at radius 3 is 2.68 bits per heavy atom. The van der Waals surface area contributed by atoms with Crippen LogP contribution in [0.2, 0.25) is 0 Å². The number of aryl methyl sites for hydroxylation is 4. The van der Waals surface area contributed by atoms with Gasteiger partial charge in [-0.1, -0.05) is 23.9 Å². The summed E-state index contributed by atoms with van der Waals surface area (Å²) in [6, 6.07) is 12.3. The lowest BCUT2D eigenvalue weighted by molar-refractivity contribution is -0.113. The van der Waals surface area contributed by atoms with Gasteiger partial charge in [-0.05, 0) is 86.1 Å². The highest BCUT2D eigenvalue weighted by atomic mass is 32.2. The Labute approximate surface area is 187 Å². The van der Waals surface area contributed by atoms with Gasteiger partial charge in [-0.2, -0.15) is 0 Å². The molecular formula is C24H28N4O2S. The van der Waals surface area contributed by atoms with E-state index in [1.54, 1.807) is 0 Å². The maximum atomic E-state index is 12.3. The van der Waals surface area contributed by atoms with E-state index in [9.17, 15) is 4.79 Å². The molecule has 0 radical (unpaired) electrons. The first-order valence-electron chi connectivity index (χ1n) is 10.6. The normalized spacial score (nSPS) is 13.0. The van der Waals surface area contributed by atoms with Gasteiger partial charge in [-0.3, -0.25) is 4.79 Å². The average Bonchev–Trinajstić information content (AvgIpc) is 3.12. The van der Waals surface area contributed by atoms with Crippen LogP contribution in [0.1, 0.15) is 40.9 Å². The monoisotopic (exact) mass is 436 g/mol. The number of ether oxygens (including phenoxy) is 1. The lowest BCUT2D eigenvalue weighted by atomic mass is 9.92. The molecule has 1 aromatic heterocycles. The van der Waals surface area contributed by atoms with Crippen LogP contribution in [0.25, 0.3) is 0 Å². The van der Waals surface area contributed by atoms with Gasteiger partial charge in [-0.25, -0.2) is 0 Å². The third-order valence-corrected chi connectivity index (χ3v) is 6.76. The van der Waals surface area contributed by atoms with Gasteiger partial charge in [0, 0.05) is 12.7 Å². The summed E-state index contributed by atoms with van der Waals surface area (Å²) < 4.78 is 7.85. The van der Waals surface area contributed by atoms with E-state index in [2.05, 4.69) is 34.6 Å². The number of rotatable bonds is 7. The zero-order chi connectivity index (χ0) is 21.8. The second kappa shape index (κ2) is 9.56. The third-order valence-electron chi connectivity index (χ3n) is 5.74. The SMILES string of the molecule is Cc1ccc(NC(=O)CSc2nnc(COc3ccc4c(c3)CCCC4)n2C)cc1C. The first-order valence-corrected chi connectivity index (χ1v) is 11.6. The molecule has 0 aliphatic heterocycles. The summed E-state index contributed by atoms with van der Waals surface area (Å²) in [4.78, 5) is 12.3. The fraction of sp³-hybridized carbons (Fsp3) is 0.375. The second-order valence-electron chi connectivity index (χ2n) is 8.02. The number of hydrogen-bond donors (Lipinski definition) is 1. The number of thioether (sulfide) groups is 1. The Kier molecular flexibility index (Phi) is 6.61. The molecule has 0 saturated carbocycles. The Bertz CT molecular complexity index is 1090. The molecule has 31 heavy (non-hydrogen) atoms. The smallest absolute Gasteiger partial charge is 0.234 e. The highest BCUT2D eigenvalue weighted by molar-refractivity contribution is 7.99. The van der Waals surface area contributed by atoms with Crippen LogP contribution < -0.4 is 10.1 Å². The molecule has 0 fully saturated rings. The maximum absolute atomic E-state index is 12.3. The van der Waals surface area contributed by atoms with Crippen LogP contribution >= 0.6 is 11.8 Å². The van der Waals surface area contributed by atoms with E-state index in [-0.39, 0.29) is 11.7 Å². The first-order chi connectivity index (χ1) is 15.0. The Morgan fingerprint density at radius 2 is 1.87 bits per heavy atom. The van der Waals surface area contributed by atoms with Crippen LogP contribution in [0.3, 0.4) is 0 Å². The fourth-order valence-corrected chi connectivity index (χ4v) is 4.42. The van der Waals surface area contributed by atoms with Gasteiger partial charge < -0.3 is 14.6 Å². The van der Waals surface area contributed by atoms with Gasteiger partial charge in [0.25, 0.3) is 0 Å². The molecule has 6 nitrogen and oxygen atoms in total. The minimum atomic E-state index is -0.0666. The lowest BCUT2D eigenvalue weighted by Gasteiger charge is -2.16. The molecule has 1 aliphatic carbocycles. The lowest BCUT2D eigenvalue weighted by Crippen LogP contribution is -2.14. The molecule has 7 heteroatoms. The van der Waals surface area contributed by atoms with Crippen LogP contribution in [-0.4, -0.2) is 26.4 Å². The number of nitrogens with one attached hydrogen (secondary N) is 1. The number of hydrogen-bond acceptors (Lipinski definition) is 5. The van der Waals surface area contributed by atoms with E-state index in [0.717, 1.165) is 35.7 Å². The number of nitrogens with zero attached hydrogens (tertiary/aromatic N) is 3. The van der Waals surface area contributed by atoms with Crippen molar-refractivity contribution in [2.45, 2.75) is 51.3 Å². The highest BCUT2D eigenvalue weighted by Gasteiger charge is 2.14. The Balaban J connectivity index is 1.30. The Morgan fingerprint density at radius 1 is 1.06 bits per heavy atom. The first kappa shape index (κ1) is 21.4. The molecule has 1 aliphatic rings. The summed E-state index contributed by atoms with van der Waals surface area (Å²) in [5.74, 6) is 1.80. The van der Waals surface area contributed by atoms with Gasteiger partial charge in [0.1, 0.15) is 12.4 Å². The number of carbonyl (C=O) groups is 1. The van der Waals surface area contributed by atoms with Crippen molar-refractivity contribution in [2.75, 3.05) is 11.1 Å². The van der Waals surface area contributed by atoms with Crippen molar-refractivity contribution in [3.63, 3.8) is 0 Å². The molecule has 0 saturated heterocycles. The summed E-state index contributed by atoms with van der Waals surface area (Å²) in [5, 5.41) is 12.1. The molecule has 4 rings (SSSR count). The summed E-state index contributed by atoms with van der Waals surface area (Å²) in [6.07, 6.45) is 4.81. The minimum absolute atomic E-state index is 0.0666. The zero-order valence-electron chi connectivity index (χ0n) is 18.3. The molecule has 3 aromatic rings. The van der Waals surface area contributed by atoms with Crippen LogP contribution in [-0.2, 0) is 31.3 Å². The van der Waals surface area contributed by atoms with Gasteiger partial charge in [-0.15, -0.1) is 10.2 Å². The minimum Gasteiger partial charge on any atom is -0.486 e. The summed E-state index contributed by atoms with van der Waals surface area (Å²) >= 11 is 1.36. The summed E-state index contributed by atoms with van der Waals surface area (Å²) in [5.41, 5.74) is 6.01. The average molecular weight is 437 g/mol. The van der Waals surface area contributed by atoms with E-state index in [1.807, 2.05) is 42.8 Å². The Hall–Kier alpha value is -2.80. The number of amides is 1. The fourth-order valence-electron chi connectivity index (χ4n) is 3.69. The summed E-state index contributed by atoms with van der Waals surface area (Å²) in [6.45, 7) is 4.43. The van der Waals surface area contributed by atoms with Gasteiger partial charge >= 0.3 is 0 Å². The van der Waals surface area contributed by atoms with Gasteiger partial charge in [0.15, 0.2) is 11.0 Å². The zero-order valence-corrected chi connectivity index (χ0v) is 19.1. The van der Waals surface area contributed by atoms with Gasteiger partial charge in [0.2, 0.25) is 5.91 Å². The van der Waals surface area contributed by atoms with Crippen molar-refractivity contribution in [3.05, 3.63) is 64.5 Å². The predicted octanol–water partition coefficient (Wildman–Crippen LogP) is 4.62. The second-order valence-corrected chi connectivity index (χ2v) is 8.96. The molecule has 0 spiro atoms. The van der Waals surface area contributed by atoms with Crippen molar-refractivity contribution in [1.29, 1.82) is 0 Å². The van der Waals surface area contributed by atoms with Gasteiger partial charge in [0.05, 0.1) is 5.75 Å². The van der Waals surface area contributed by atoms with Crippen molar-refractivity contribution in [2.24, 2.45) is 7.05 Å². The molecule has 0 bridgehead atoms. The van der Waals surface area contributed by atoms with Crippen LogP contribution in [0, 0.1) is 13.8 Å². The van der Waals surface area contributed by atoms with E-state index in [1.165, 1.54) is 41.3 Å². The molecule has 1 N–H and O–H groups in total. The number of fused-ring (bicyclic) bond motifs is 1. The van der Waals surface area contributed by atoms with Crippen molar-refractivity contribution >= 4 is 23.4 Å². The standard InChI is InChI=1S/C24H28N4O2S/c1-16-8-10-20(12-17(16)2)25-23(29)15-31-24-27-26-22(28(24)3)14-30-21-11-9-18-6-4-5-7-19(18)13-21/h8-13H,4-7,14-15H2,1-3H3,(H,25,29). The third kappa shape index (κ3) is 5.28. The molecular weight excluding hydrogens is 408 g/mol. The van der Waals surface area contributed by atoms with E-state index < -0.39 is 0 Å². The molecule has 1 amide bonds. The quantitative estimate of drug-likeness (QED) is 0.547. The highest BCUT2D eigenvalue weighted by Crippen LogP contribution is 2.26. The topological polar surface area (TPSA) is 69.0 Å². The number of anilines is 1. The molecule has 1 heterocycles. The maximum Gasteiger partial charge on any atom is 0.234 e. The van der Waals surface area contributed by atoms with Crippen LogP contribution in [0.4, 0.5) is 5.69 Å². The number of carbonyl (C=O) groups excluding carboxylic acids is 1. The van der Waals surface area contributed by atoms with Crippen molar-refractivity contribution < 1.29 is 9.53 Å². The molecule has 0 atom stereocenters.